The Morgan fingerprint density at radius 1 is 1.41 bits per heavy atom. The zero-order valence-electron chi connectivity index (χ0n) is 13.3. The molecule has 2 atom stereocenters. The Kier molecular flexibility index (Phi) is 6.68. The van der Waals surface area contributed by atoms with Crippen molar-refractivity contribution in [3.8, 4) is 0 Å². The summed E-state index contributed by atoms with van der Waals surface area (Å²) in [5.41, 5.74) is 1.06. The summed E-state index contributed by atoms with van der Waals surface area (Å²) in [6, 6.07) is 7.92. The molecule has 0 spiro atoms. The number of amides is 1. The first kappa shape index (κ1) is 17.3. The predicted octanol–water partition coefficient (Wildman–Crippen LogP) is 3.02. The van der Waals surface area contributed by atoms with Crippen molar-refractivity contribution in [2.24, 2.45) is 0 Å². The van der Waals surface area contributed by atoms with Crippen LogP contribution >= 0.6 is 11.6 Å². The van der Waals surface area contributed by atoms with Gasteiger partial charge in [0.05, 0.1) is 6.04 Å². The molecule has 1 saturated heterocycles. The van der Waals surface area contributed by atoms with E-state index < -0.39 is 0 Å². The first-order valence-electron chi connectivity index (χ1n) is 8.05. The van der Waals surface area contributed by atoms with Crippen LogP contribution in [0.5, 0.6) is 0 Å². The molecular weight excluding hydrogens is 300 g/mol. The monoisotopic (exact) mass is 324 g/mol. The maximum atomic E-state index is 12.2. The maximum absolute atomic E-state index is 12.2. The van der Waals surface area contributed by atoms with E-state index in [-0.39, 0.29) is 18.1 Å². The van der Waals surface area contributed by atoms with Gasteiger partial charge in [-0.15, -0.1) is 0 Å². The van der Waals surface area contributed by atoms with Gasteiger partial charge in [0.15, 0.2) is 0 Å². The third kappa shape index (κ3) is 4.22. The molecule has 0 aromatic heterocycles. The van der Waals surface area contributed by atoms with E-state index >= 15 is 0 Å². The van der Waals surface area contributed by atoms with Gasteiger partial charge in [-0.25, -0.2) is 0 Å². The van der Waals surface area contributed by atoms with Crippen LogP contribution in [0.1, 0.15) is 38.3 Å². The molecule has 1 amide bonds. The molecule has 0 saturated carbocycles. The maximum Gasteiger partial charge on any atom is 0.249 e. The Balaban J connectivity index is 2.08. The van der Waals surface area contributed by atoms with Gasteiger partial charge in [-0.3, -0.25) is 9.69 Å². The van der Waals surface area contributed by atoms with Crippen molar-refractivity contribution in [2.45, 2.75) is 38.8 Å². The molecule has 22 heavy (non-hydrogen) atoms. The average Bonchev–Trinajstić information content (AvgIpc) is 3.06. The summed E-state index contributed by atoms with van der Waals surface area (Å²) in [6.07, 6.45) is 1.49. The molecular formula is C17H25ClN2O2. The molecule has 122 valence electrons. The van der Waals surface area contributed by atoms with Crippen molar-refractivity contribution in [1.29, 1.82) is 0 Å². The van der Waals surface area contributed by atoms with Gasteiger partial charge in [-0.1, -0.05) is 43.6 Å². The zero-order valence-corrected chi connectivity index (χ0v) is 14.1. The van der Waals surface area contributed by atoms with Crippen LogP contribution in [0.3, 0.4) is 0 Å². The molecule has 0 bridgehead atoms. The van der Waals surface area contributed by atoms with E-state index in [1.165, 1.54) is 0 Å². The molecule has 5 heteroatoms. The third-order valence-corrected chi connectivity index (χ3v) is 4.55. The largest absolute Gasteiger partial charge is 0.368 e. The van der Waals surface area contributed by atoms with Crippen LogP contribution < -0.4 is 5.32 Å². The molecule has 2 rings (SSSR count). The minimum Gasteiger partial charge on any atom is -0.368 e. The SMILES string of the molecule is CCN(CC)C(CNC(=O)C1CCCO1)c1ccccc1Cl. The fourth-order valence-corrected chi connectivity index (χ4v) is 3.20. The second kappa shape index (κ2) is 8.51. The first-order chi connectivity index (χ1) is 10.7. The number of carbonyl (C=O) groups excluding carboxylic acids is 1. The lowest BCUT2D eigenvalue weighted by Gasteiger charge is -2.31. The van der Waals surface area contributed by atoms with Crippen molar-refractivity contribution >= 4 is 17.5 Å². The second-order valence-electron chi connectivity index (χ2n) is 5.51. The number of benzene rings is 1. The normalized spacial score (nSPS) is 19.4. The van der Waals surface area contributed by atoms with Gasteiger partial charge in [0.1, 0.15) is 6.10 Å². The molecule has 1 N–H and O–H groups in total. The molecule has 1 aliphatic rings. The average molecular weight is 325 g/mol. The van der Waals surface area contributed by atoms with Crippen LogP contribution in [0.2, 0.25) is 5.02 Å². The standard InChI is InChI=1S/C17H25ClN2O2/c1-3-20(4-2)15(13-8-5-6-9-14(13)18)12-19-17(21)16-10-7-11-22-16/h5-6,8-9,15-16H,3-4,7,10-12H2,1-2H3,(H,19,21). The molecule has 0 radical (unpaired) electrons. The molecule has 1 aromatic rings. The third-order valence-electron chi connectivity index (χ3n) is 4.21. The van der Waals surface area contributed by atoms with Crippen LogP contribution in [0.15, 0.2) is 24.3 Å². The van der Waals surface area contributed by atoms with Gasteiger partial charge < -0.3 is 10.1 Å². The summed E-state index contributed by atoms with van der Waals surface area (Å²) >= 11 is 6.36. The zero-order chi connectivity index (χ0) is 15.9. The Morgan fingerprint density at radius 2 is 2.14 bits per heavy atom. The van der Waals surface area contributed by atoms with Crippen molar-refractivity contribution in [1.82, 2.24) is 10.2 Å². The lowest BCUT2D eigenvalue weighted by atomic mass is 10.0. The highest BCUT2D eigenvalue weighted by Gasteiger charge is 2.26. The van der Waals surface area contributed by atoms with Crippen LogP contribution in [0.25, 0.3) is 0 Å². The number of rotatable bonds is 7. The van der Waals surface area contributed by atoms with Gasteiger partial charge >= 0.3 is 0 Å². The minimum atomic E-state index is -0.288. The van der Waals surface area contributed by atoms with Gasteiger partial charge in [0, 0.05) is 18.2 Å². The number of hydrogen-bond donors (Lipinski definition) is 1. The number of carbonyl (C=O) groups is 1. The summed E-state index contributed by atoms with van der Waals surface area (Å²) < 4.78 is 5.44. The van der Waals surface area contributed by atoms with Gasteiger partial charge in [-0.05, 0) is 37.6 Å². The minimum absolute atomic E-state index is 0.0123. The number of likely N-dealkylation sites (N-methyl/N-ethyl adjacent to an activating group) is 1. The smallest absolute Gasteiger partial charge is 0.249 e. The molecule has 4 nitrogen and oxygen atoms in total. The van der Waals surface area contributed by atoms with E-state index in [0.29, 0.717) is 13.2 Å². The molecule has 1 heterocycles. The van der Waals surface area contributed by atoms with Crippen molar-refractivity contribution in [3.05, 3.63) is 34.9 Å². The van der Waals surface area contributed by atoms with E-state index in [4.69, 9.17) is 16.3 Å². The molecule has 1 aromatic carbocycles. The number of hydrogen-bond acceptors (Lipinski definition) is 3. The van der Waals surface area contributed by atoms with E-state index in [1.807, 2.05) is 24.3 Å². The summed E-state index contributed by atoms with van der Waals surface area (Å²) in [5.74, 6) is -0.0123. The van der Waals surface area contributed by atoms with Crippen LogP contribution in [0.4, 0.5) is 0 Å². The second-order valence-corrected chi connectivity index (χ2v) is 5.91. The van der Waals surface area contributed by atoms with E-state index in [1.54, 1.807) is 0 Å². The Morgan fingerprint density at radius 3 is 2.73 bits per heavy atom. The fraction of sp³-hybridized carbons (Fsp3) is 0.588. The highest BCUT2D eigenvalue weighted by Crippen LogP contribution is 2.27. The van der Waals surface area contributed by atoms with Crippen LogP contribution in [0, 0.1) is 0 Å². The molecule has 2 unspecified atom stereocenters. The van der Waals surface area contributed by atoms with E-state index in [9.17, 15) is 4.79 Å². The van der Waals surface area contributed by atoms with Gasteiger partial charge in [0.25, 0.3) is 0 Å². The molecule has 0 aliphatic carbocycles. The Hall–Kier alpha value is -1.10. The number of nitrogens with zero attached hydrogens (tertiary/aromatic N) is 1. The lowest BCUT2D eigenvalue weighted by molar-refractivity contribution is -0.130. The number of ether oxygens (including phenoxy) is 1. The van der Waals surface area contributed by atoms with Crippen molar-refractivity contribution in [2.75, 3.05) is 26.2 Å². The first-order valence-corrected chi connectivity index (χ1v) is 8.43. The quantitative estimate of drug-likeness (QED) is 0.838. The summed E-state index contributed by atoms with van der Waals surface area (Å²) in [6.45, 7) is 7.28. The highest BCUT2D eigenvalue weighted by atomic mass is 35.5. The molecule has 1 fully saturated rings. The topological polar surface area (TPSA) is 41.6 Å². The lowest BCUT2D eigenvalue weighted by Crippen LogP contribution is -2.41. The van der Waals surface area contributed by atoms with Crippen LogP contribution in [-0.2, 0) is 9.53 Å². The summed E-state index contributed by atoms with van der Waals surface area (Å²) in [7, 11) is 0. The van der Waals surface area contributed by atoms with E-state index in [0.717, 1.165) is 36.5 Å². The summed E-state index contributed by atoms with van der Waals surface area (Å²) in [4.78, 5) is 14.5. The summed E-state index contributed by atoms with van der Waals surface area (Å²) in [5, 5.41) is 3.78. The van der Waals surface area contributed by atoms with Crippen LogP contribution in [-0.4, -0.2) is 43.2 Å². The Labute approximate surface area is 137 Å². The highest BCUT2D eigenvalue weighted by molar-refractivity contribution is 6.31. The van der Waals surface area contributed by atoms with Crippen molar-refractivity contribution in [3.63, 3.8) is 0 Å². The van der Waals surface area contributed by atoms with Gasteiger partial charge in [-0.2, -0.15) is 0 Å². The van der Waals surface area contributed by atoms with Crippen molar-refractivity contribution < 1.29 is 9.53 Å². The predicted molar refractivity (Wildman–Crippen MR) is 89.1 cm³/mol. The molecule has 1 aliphatic heterocycles. The fourth-order valence-electron chi connectivity index (χ4n) is 2.94. The number of nitrogens with one attached hydrogen (secondary N) is 1. The van der Waals surface area contributed by atoms with Gasteiger partial charge in [0.2, 0.25) is 5.91 Å². The number of halogens is 1. The Bertz CT molecular complexity index is 485. The van der Waals surface area contributed by atoms with E-state index in [2.05, 4.69) is 24.1 Å².